The summed E-state index contributed by atoms with van der Waals surface area (Å²) in [7, 11) is 0. The summed E-state index contributed by atoms with van der Waals surface area (Å²) in [6.45, 7) is 4.13. The van der Waals surface area contributed by atoms with Gasteiger partial charge < -0.3 is 14.6 Å². The van der Waals surface area contributed by atoms with E-state index in [9.17, 15) is 9.90 Å². The molecule has 2 N–H and O–H groups in total. The van der Waals surface area contributed by atoms with Crippen LogP contribution in [0.25, 0.3) is 0 Å². The summed E-state index contributed by atoms with van der Waals surface area (Å²) in [5, 5.41) is 13.8. The van der Waals surface area contributed by atoms with E-state index in [0.29, 0.717) is 27.2 Å². The van der Waals surface area contributed by atoms with Gasteiger partial charge in [0.1, 0.15) is 5.75 Å². The van der Waals surface area contributed by atoms with Crippen LogP contribution in [0.5, 0.6) is 17.2 Å². The quantitative estimate of drug-likeness (QED) is 0.383. The number of hydrazone groups is 1. The number of phenolic OH excluding ortho intramolecular Hbond substituents is 1. The summed E-state index contributed by atoms with van der Waals surface area (Å²) < 4.78 is 11.4. The van der Waals surface area contributed by atoms with Gasteiger partial charge in [-0.1, -0.05) is 17.7 Å². The van der Waals surface area contributed by atoms with Crippen LogP contribution in [0.15, 0.2) is 41.5 Å². The highest BCUT2D eigenvalue weighted by Crippen LogP contribution is 2.32. The normalized spacial score (nSPS) is 10.7. The van der Waals surface area contributed by atoms with Crippen molar-refractivity contribution in [2.45, 2.75) is 13.8 Å². The number of carbonyl (C=O) groups excluding carboxylic acids is 1. The van der Waals surface area contributed by atoms with Crippen LogP contribution in [0.4, 0.5) is 0 Å². The molecule has 2 rings (SSSR count). The van der Waals surface area contributed by atoms with E-state index in [1.807, 2.05) is 48.6 Å². The number of rotatable bonds is 7. The van der Waals surface area contributed by atoms with Gasteiger partial charge in [0, 0.05) is 0 Å². The van der Waals surface area contributed by atoms with Crippen LogP contribution < -0.4 is 14.9 Å². The Labute approximate surface area is 160 Å². The maximum Gasteiger partial charge on any atom is 0.277 e. The highest BCUT2D eigenvalue weighted by Gasteiger charge is 2.08. The Morgan fingerprint density at radius 2 is 2.00 bits per heavy atom. The molecule has 2 aromatic rings. The van der Waals surface area contributed by atoms with Crippen molar-refractivity contribution in [1.82, 2.24) is 5.43 Å². The number of carbonyl (C=O) groups is 1. The second-order valence-corrected chi connectivity index (χ2v) is 6.34. The van der Waals surface area contributed by atoms with Crippen molar-refractivity contribution in [1.29, 1.82) is 0 Å². The number of phenols is 1. The number of nitrogens with one attached hydrogen (secondary N) is 1. The lowest BCUT2D eigenvalue weighted by Gasteiger charge is -2.08. The number of hydrogen-bond acceptors (Lipinski definition) is 5. The molecule has 2 aromatic carbocycles. The molecule has 0 aliphatic carbocycles. The number of hydrogen-bond donors (Lipinski definition) is 2. The smallest absolute Gasteiger partial charge is 0.277 e. The molecule has 0 aromatic heterocycles. The molecule has 0 aliphatic heterocycles. The van der Waals surface area contributed by atoms with Crippen LogP contribution in [0, 0.1) is 10.5 Å². The Hall–Kier alpha value is -2.29. The number of benzene rings is 2. The molecule has 0 spiro atoms. The van der Waals surface area contributed by atoms with E-state index in [4.69, 9.17) is 9.47 Å². The highest BCUT2D eigenvalue weighted by molar-refractivity contribution is 14.1. The van der Waals surface area contributed by atoms with Gasteiger partial charge in [0.2, 0.25) is 0 Å². The molecular formula is C18H19IN2O4. The monoisotopic (exact) mass is 454 g/mol. The third kappa shape index (κ3) is 5.93. The average Bonchev–Trinajstić information content (AvgIpc) is 2.59. The van der Waals surface area contributed by atoms with Crippen molar-refractivity contribution in [3.63, 3.8) is 0 Å². The fourth-order valence-corrected chi connectivity index (χ4v) is 2.55. The number of nitrogens with zero attached hydrogens (tertiary/aromatic N) is 1. The van der Waals surface area contributed by atoms with Gasteiger partial charge in [-0.25, -0.2) is 5.43 Å². The van der Waals surface area contributed by atoms with Gasteiger partial charge in [-0.15, -0.1) is 0 Å². The first-order chi connectivity index (χ1) is 12.0. The molecule has 0 aliphatic rings. The Bertz CT molecular complexity index is 760. The Balaban J connectivity index is 1.89. The zero-order valence-electron chi connectivity index (χ0n) is 14.0. The fraction of sp³-hybridized carbons (Fsp3) is 0.222. The van der Waals surface area contributed by atoms with Gasteiger partial charge in [0.25, 0.3) is 5.91 Å². The van der Waals surface area contributed by atoms with E-state index < -0.39 is 0 Å². The van der Waals surface area contributed by atoms with Crippen molar-refractivity contribution in [3.05, 3.63) is 51.1 Å². The number of halogens is 1. The number of aryl methyl sites for hydroxylation is 1. The Morgan fingerprint density at radius 3 is 2.68 bits per heavy atom. The lowest BCUT2D eigenvalue weighted by molar-refractivity contribution is -0.123. The minimum Gasteiger partial charge on any atom is -0.504 e. The SMILES string of the molecule is CCOc1cc(/C=N\NC(=O)COc2ccc(C)cc2)cc(I)c1O. The van der Waals surface area contributed by atoms with Gasteiger partial charge in [-0.05, 0) is 66.3 Å². The van der Waals surface area contributed by atoms with Gasteiger partial charge >= 0.3 is 0 Å². The average molecular weight is 454 g/mol. The predicted molar refractivity (Wildman–Crippen MR) is 104 cm³/mol. The zero-order valence-corrected chi connectivity index (χ0v) is 16.1. The molecule has 0 unspecified atom stereocenters. The van der Waals surface area contributed by atoms with Crippen molar-refractivity contribution in [2.75, 3.05) is 13.2 Å². The summed E-state index contributed by atoms with van der Waals surface area (Å²) in [4.78, 5) is 11.7. The highest BCUT2D eigenvalue weighted by atomic mass is 127. The second kappa shape index (κ2) is 9.26. The van der Waals surface area contributed by atoms with Gasteiger partial charge in [0.05, 0.1) is 16.4 Å². The van der Waals surface area contributed by atoms with Gasteiger partial charge in [0.15, 0.2) is 18.1 Å². The van der Waals surface area contributed by atoms with Crippen molar-refractivity contribution >= 4 is 34.7 Å². The first-order valence-electron chi connectivity index (χ1n) is 7.66. The third-order valence-corrected chi connectivity index (χ3v) is 3.97. The lowest BCUT2D eigenvalue weighted by Crippen LogP contribution is -2.24. The summed E-state index contributed by atoms with van der Waals surface area (Å²) in [6.07, 6.45) is 1.48. The standard InChI is InChI=1S/C18H19IN2O4/c1-3-24-16-9-13(8-15(19)18(16)23)10-20-21-17(22)11-25-14-6-4-12(2)5-7-14/h4-10,23H,3,11H2,1-2H3,(H,21,22)/b20-10-. The summed E-state index contributed by atoms with van der Waals surface area (Å²) >= 11 is 2.00. The zero-order chi connectivity index (χ0) is 18.2. The van der Waals surface area contributed by atoms with Crippen molar-refractivity contribution < 1.29 is 19.4 Å². The molecule has 0 heterocycles. The largest absolute Gasteiger partial charge is 0.504 e. The van der Waals surface area contributed by atoms with Gasteiger partial charge in [-0.2, -0.15) is 5.10 Å². The maximum atomic E-state index is 11.7. The summed E-state index contributed by atoms with van der Waals surface area (Å²) in [5.74, 6) is 0.731. The molecule has 25 heavy (non-hydrogen) atoms. The topological polar surface area (TPSA) is 80.2 Å². The Morgan fingerprint density at radius 1 is 1.28 bits per heavy atom. The minimum absolute atomic E-state index is 0.0927. The molecule has 7 heteroatoms. The van der Waals surface area contributed by atoms with Crippen LogP contribution >= 0.6 is 22.6 Å². The van der Waals surface area contributed by atoms with Crippen LogP contribution in [0.2, 0.25) is 0 Å². The molecule has 1 amide bonds. The molecular weight excluding hydrogens is 435 g/mol. The van der Waals surface area contributed by atoms with Crippen molar-refractivity contribution in [3.8, 4) is 17.2 Å². The fourth-order valence-electron chi connectivity index (χ4n) is 1.93. The molecule has 0 fully saturated rings. The Kier molecular flexibility index (Phi) is 7.05. The van der Waals surface area contributed by atoms with E-state index in [0.717, 1.165) is 5.56 Å². The molecule has 0 bridgehead atoms. The minimum atomic E-state index is -0.365. The molecule has 0 saturated carbocycles. The number of aromatic hydroxyl groups is 1. The van der Waals surface area contributed by atoms with Crippen LogP contribution in [-0.2, 0) is 4.79 Å². The first kappa shape index (κ1) is 19.0. The van der Waals surface area contributed by atoms with E-state index in [1.54, 1.807) is 24.3 Å². The van der Waals surface area contributed by atoms with Crippen LogP contribution in [-0.4, -0.2) is 30.4 Å². The van der Waals surface area contributed by atoms with E-state index in [1.165, 1.54) is 6.21 Å². The van der Waals surface area contributed by atoms with E-state index in [2.05, 4.69) is 10.5 Å². The van der Waals surface area contributed by atoms with Gasteiger partial charge in [-0.3, -0.25) is 4.79 Å². The molecule has 0 radical (unpaired) electrons. The number of ether oxygens (including phenoxy) is 2. The molecule has 132 valence electrons. The predicted octanol–water partition coefficient (Wildman–Crippen LogP) is 3.23. The summed E-state index contributed by atoms with van der Waals surface area (Å²) in [6, 6.07) is 10.8. The van der Waals surface area contributed by atoms with E-state index >= 15 is 0 Å². The van der Waals surface area contributed by atoms with Crippen LogP contribution in [0.3, 0.4) is 0 Å². The lowest BCUT2D eigenvalue weighted by atomic mass is 10.2. The molecule has 6 nitrogen and oxygen atoms in total. The van der Waals surface area contributed by atoms with Crippen LogP contribution in [0.1, 0.15) is 18.1 Å². The molecule has 0 atom stereocenters. The molecule has 0 saturated heterocycles. The number of amides is 1. The first-order valence-corrected chi connectivity index (χ1v) is 8.74. The van der Waals surface area contributed by atoms with E-state index in [-0.39, 0.29) is 18.3 Å². The third-order valence-electron chi connectivity index (χ3n) is 3.14. The van der Waals surface area contributed by atoms with Crippen molar-refractivity contribution in [2.24, 2.45) is 5.10 Å². The maximum absolute atomic E-state index is 11.7. The second-order valence-electron chi connectivity index (χ2n) is 5.18. The summed E-state index contributed by atoms with van der Waals surface area (Å²) in [5.41, 5.74) is 4.22.